The zero-order valence-electron chi connectivity index (χ0n) is 10.2. The number of benzene rings is 1. The Labute approximate surface area is 102 Å². The van der Waals surface area contributed by atoms with Crippen molar-refractivity contribution in [2.75, 3.05) is 7.11 Å². The molecule has 0 unspecified atom stereocenters. The Balaban J connectivity index is 1.98. The van der Waals surface area contributed by atoms with Crippen LogP contribution in [0.1, 0.15) is 31.2 Å². The minimum atomic E-state index is -0.266. The third kappa shape index (κ3) is 3.30. The van der Waals surface area contributed by atoms with Crippen molar-refractivity contribution in [1.82, 2.24) is 0 Å². The first-order valence-corrected chi connectivity index (χ1v) is 6.15. The molecule has 3 nitrogen and oxygen atoms in total. The van der Waals surface area contributed by atoms with Gasteiger partial charge in [0, 0.05) is 6.21 Å². The van der Waals surface area contributed by atoms with Gasteiger partial charge >= 0.3 is 0 Å². The standard InChI is InChI=1S/C14H19NO2/c1-17-12-8-6-11(7-9-12)10-15-13-4-2-3-5-14(13)16/h6-10,13-14,16H,2-5H2,1H3/t13-,14+/m0/s1. The second-order valence-electron chi connectivity index (χ2n) is 4.47. The first kappa shape index (κ1) is 12.1. The fourth-order valence-corrected chi connectivity index (χ4v) is 2.14. The summed E-state index contributed by atoms with van der Waals surface area (Å²) >= 11 is 0. The third-order valence-electron chi connectivity index (χ3n) is 3.22. The number of nitrogens with zero attached hydrogens (tertiary/aromatic N) is 1. The van der Waals surface area contributed by atoms with Crippen LogP contribution in [0, 0.1) is 0 Å². The van der Waals surface area contributed by atoms with E-state index in [1.807, 2.05) is 30.5 Å². The molecule has 0 bridgehead atoms. The third-order valence-corrected chi connectivity index (χ3v) is 3.22. The number of hydrogen-bond acceptors (Lipinski definition) is 3. The molecule has 17 heavy (non-hydrogen) atoms. The Kier molecular flexibility index (Phi) is 4.15. The van der Waals surface area contributed by atoms with Crippen LogP contribution in [0.4, 0.5) is 0 Å². The first-order chi connectivity index (χ1) is 8.29. The summed E-state index contributed by atoms with van der Waals surface area (Å²) < 4.78 is 5.10. The highest BCUT2D eigenvalue weighted by Crippen LogP contribution is 2.21. The molecular weight excluding hydrogens is 214 g/mol. The summed E-state index contributed by atoms with van der Waals surface area (Å²) in [4.78, 5) is 4.47. The molecule has 1 saturated carbocycles. The van der Waals surface area contributed by atoms with Gasteiger partial charge in [-0.3, -0.25) is 4.99 Å². The average Bonchev–Trinajstić information content (AvgIpc) is 2.38. The largest absolute Gasteiger partial charge is 0.497 e. The molecule has 0 aromatic heterocycles. The van der Waals surface area contributed by atoms with Crippen LogP contribution in [-0.4, -0.2) is 30.6 Å². The molecule has 3 heteroatoms. The molecule has 0 aliphatic heterocycles. The quantitative estimate of drug-likeness (QED) is 0.815. The molecule has 0 spiro atoms. The molecule has 2 rings (SSSR count). The highest BCUT2D eigenvalue weighted by atomic mass is 16.5. The van der Waals surface area contributed by atoms with Crippen LogP contribution in [0.25, 0.3) is 0 Å². The van der Waals surface area contributed by atoms with E-state index in [4.69, 9.17) is 4.74 Å². The summed E-state index contributed by atoms with van der Waals surface area (Å²) in [5.74, 6) is 0.847. The van der Waals surface area contributed by atoms with Gasteiger partial charge in [-0.05, 0) is 42.7 Å². The van der Waals surface area contributed by atoms with Gasteiger partial charge in [-0.15, -0.1) is 0 Å². The van der Waals surface area contributed by atoms with Crippen molar-refractivity contribution in [2.24, 2.45) is 4.99 Å². The fraction of sp³-hybridized carbons (Fsp3) is 0.500. The Morgan fingerprint density at radius 3 is 2.59 bits per heavy atom. The Morgan fingerprint density at radius 2 is 1.94 bits per heavy atom. The van der Waals surface area contributed by atoms with Crippen LogP contribution >= 0.6 is 0 Å². The summed E-state index contributed by atoms with van der Waals surface area (Å²) in [5.41, 5.74) is 1.04. The van der Waals surface area contributed by atoms with Gasteiger partial charge in [0.2, 0.25) is 0 Å². The van der Waals surface area contributed by atoms with Gasteiger partial charge in [0.05, 0.1) is 19.3 Å². The molecule has 0 radical (unpaired) electrons. The van der Waals surface area contributed by atoms with Gasteiger partial charge in [0.1, 0.15) is 5.75 Å². The van der Waals surface area contributed by atoms with E-state index < -0.39 is 0 Å². The lowest BCUT2D eigenvalue weighted by atomic mass is 9.93. The van der Waals surface area contributed by atoms with E-state index in [2.05, 4.69) is 4.99 Å². The van der Waals surface area contributed by atoms with E-state index >= 15 is 0 Å². The van der Waals surface area contributed by atoms with Gasteiger partial charge in [-0.1, -0.05) is 12.8 Å². The van der Waals surface area contributed by atoms with Crippen LogP contribution in [0.3, 0.4) is 0 Å². The minimum absolute atomic E-state index is 0.0749. The summed E-state index contributed by atoms with van der Waals surface area (Å²) in [6.07, 6.45) is 5.74. The highest BCUT2D eigenvalue weighted by Gasteiger charge is 2.21. The SMILES string of the molecule is COc1ccc(C=N[C@H]2CCCC[C@H]2O)cc1. The van der Waals surface area contributed by atoms with Crippen LogP contribution in [0.5, 0.6) is 5.75 Å². The summed E-state index contributed by atoms with van der Waals surface area (Å²) in [5, 5.41) is 9.80. The molecule has 1 aromatic rings. The molecule has 1 fully saturated rings. The number of rotatable bonds is 3. The predicted octanol–water partition coefficient (Wildman–Crippen LogP) is 2.42. The smallest absolute Gasteiger partial charge is 0.118 e. The minimum Gasteiger partial charge on any atom is -0.497 e. The second-order valence-corrected chi connectivity index (χ2v) is 4.47. The van der Waals surface area contributed by atoms with Crippen LogP contribution in [-0.2, 0) is 0 Å². The molecule has 1 aliphatic carbocycles. The van der Waals surface area contributed by atoms with Gasteiger partial charge in [-0.2, -0.15) is 0 Å². The van der Waals surface area contributed by atoms with E-state index in [9.17, 15) is 5.11 Å². The van der Waals surface area contributed by atoms with E-state index in [0.29, 0.717) is 0 Å². The van der Waals surface area contributed by atoms with E-state index in [0.717, 1.165) is 30.6 Å². The van der Waals surface area contributed by atoms with Crippen molar-refractivity contribution in [3.8, 4) is 5.75 Å². The normalized spacial score (nSPS) is 25.1. The number of aliphatic imine (C=N–C) groups is 1. The fourth-order valence-electron chi connectivity index (χ4n) is 2.14. The zero-order chi connectivity index (χ0) is 12.1. The number of ether oxygens (including phenoxy) is 1. The Morgan fingerprint density at radius 1 is 1.24 bits per heavy atom. The number of hydrogen-bond donors (Lipinski definition) is 1. The zero-order valence-corrected chi connectivity index (χ0v) is 10.2. The topological polar surface area (TPSA) is 41.8 Å². The highest BCUT2D eigenvalue weighted by molar-refractivity contribution is 5.79. The van der Waals surface area contributed by atoms with Crippen LogP contribution in [0.15, 0.2) is 29.3 Å². The summed E-state index contributed by atoms with van der Waals surface area (Å²) in [6, 6.07) is 7.85. The van der Waals surface area contributed by atoms with Gasteiger partial charge < -0.3 is 9.84 Å². The van der Waals surface area contributed by atoms with Crippen LogP contribution in [0.2, 0.25) is 0 Å². The predicted molar refractivity (Wildman–Crippen MR) is 68.9 cm³/mol. The molecule has 1 aliphatic rings. The second kappa shape index (κ2) is 5.82. The summed E-state index contributed by atoms with van der Waals surface area (Å²) in [6.45, 7) is 0. The van der Waals surface area contributed by atoms with Crippen molar-refractivity contribution in [3.05, 3.63) is 29.8 Å². The molecule has 0 heterocycles. The lowest BCUT2D eigenvalue weighted by Gasteiger charge is -2.23. The molecule has 0 amide bonds. The van der Waals surface area contributed by atoms with Crippen molar-refractivity contribution >= 4 is 6.21 Å². The van der Waals surface area contributed by atoms with Gasteiger partial charge in [-0.25, -0.2) is 0 Å². The maximum atomic E-state index is 9.80. The monoisotopic (exact) mass is 233 g/mol. The van der Waals surface area contributed by atoms with Crippen molar-refractivity contribution in [2.45, 2.75) is 37.8 Å². The molecule has 2 atom stereocenters. The van der Waals surface area contributed by atoms with E-state index in [1.165, 1.54) is 6.42 Å². The molecule has 92 valence electrons. The maximum Gasteiger partial charge on any atom is 0.118 e. The van der Waals surface area contributed by atoms with E-state index in [1.54, 1.807) is 7.11 Å². The van der Waals surface area contributed by atoms with Gasteiger partial charge in [0.15, 0.2) is 0 Å². The number of aliphatic hydroxyl groups is 1. The van der Waals surface area contributed by atoms with Crippen molar-refractivity contribution in [1.29, 1.82) is 0 Å². The number of methoxy groups -OCH3 is 1. The molecular formula is C14H19NO2. The average molecular weight is 233 g/mol. The van der Waals surface area contributed by atoms with Gasteiger partial charge in [0.25, 0.3) is 0 Å². The molecule has 1 N–H and O–H groups in total. The van der Waals surface area contributed by atoms with Crippen molar-refractivity contribution < 1.29 is 9.84 Å². The van der Waals surface area contributed by atoms with Crippen molar-refractivity contribution in [3.63, 3.8) is 0 Å². The van der Waals surface area contributed by atoms with E-state index in [-0.39, 0.29) is 12.1 Å². The lowest BCUT2D eigenvalue weighted by molar-refractivity contribution is 0.110. The van der Waals surface area contributed by atoms with Crippen LogP contribution < -0.4 is 4.74 Å². The maximum absolute atomic E-state index is 9.80. The Hall–Kier alpha value is -1.35. The lowest BCUT2D eigenvalue weighted by Crippen LogP contribution is -2.28. The first-order valence-electron chi connectivity index (χ1n) is 6.15. The number of aliphatic hydroxyl groups excluding tert-OH is 1. The molecule has 1 aromatic carbocycles. The summed E-state index contributed by atoms with van der Waals surface area (Å²) in [7, 11) is 1.65. The Bertz CT molecular complexity index is 372. The molecule has 0 saturated heterocycles.